The monoisotopic (exact) mass is 589 g/mol. The highest BCUT2D eigenvalue weighted by Gasteiger charge is 2.44. The molecule has 1 amide bonds. The normalized spacial score (nSPS) is 18.7. The molecule has 1 heterocycles. The number of nitro groups is 1. The van der Waals surface area contributed by atoms with E-state index >= 15 is 0 Å². The van der Waals surface area contributed by atoms with Gasteiger partial charge in [0.1, 0.15) is 11.5 Å². The second-order valence-corrected chi connectivity index (χ2v) is 10.3. The molecule has 0 radical (unpaired) electrons. The van der Waals surface area contributed by atoms with Crippen molar-refractivity contribution in [1.82, 2.24) is 5.01 Å². The van der Waals surface area contributed by atoms with Gasteiger partial charge in [-0.25, -0.2) is 9.80 Å². The Bertz CT molecular complexity index is 1570. The van der Waals surface area contributed by atoms with Crippen molar-refractivity contribution >= 4 is 41.0 Å². The van der Waals surface area contributed by atoms with Crippen molar-refractivity contribution in [3.63, 3.8) is 0 Å². The van der Waals surface area contributed by atoms with Crippen molar-refractivity contribution in [2.24, 2.45) is 11.0 Å². The zero-order valence-electron chi connectivity index (χ0n) is 23.0. The minimum Gasteiger partial charge on any atom is -0.497 e. The Labute approximate surface area is 247 Å². The molecule has 0 saturated heterocycles. The lowest BCUT2D eigenvalue weighted by Gasteiger charge is -2.29. The highest BCUT2D eigenvalue weighted by molar-refractivity contribution is 6.33. The zero-order chi connectivity index (χ0) is 29.8. The average molecular weight is 590 g/mol. The molecular formula is C31H28ClN3O7. The van der Waals surface area contributed by atoms with Crippen LogP contribution in [0.5, 0.6) is 11.5 Å². The maximum Gasteiger partial charge on any atom is 0.340 e. The number of rotatable bonds is 8. The molecule has 10 nitrogen and oxygen atoms in total. The average Bonchev–Trinajstić information content (AvgIpc) is 3.41. The fourth-order valence-corrected chi connectivity index (χ4v) is 5.49. The lowest BCUT2D eigenvalue weighted by molar-refractivity contribution is -0.384. The van der Waals surface area contributed by atoms with Crippen LogP contribution >= 0.6 is 11.6 Å². The van der Waals surface area contributed by atoms with Crippen LogP contribution in [0, 0.1) is 16.0 Å². The van der Waals surface area contributed by atoms with E-state index in [9.17, 15) is 19.7 Å². The maximum atomic E-state index is 13.6. The number of allylic oxidation sites excluding steroid dienone is 1. The van der Waals surface area contributed by atoms with E-state index in [4.69, 9.17) is 30.9 Å². The molecule has 0 spiro atoms. The maximum absolute atomic E-state index is 13.6. The van der Waals surface area contributed by atoms with Gasteiger partial charge in [0.05, 0.1) is 41.5 Å². The largest absolute Gasteiger partial charge is 0.497 e. The molecule has 1 aliphatic heterocycles. The van der Waals surface area contributed by atoms with E-state index in [1.807, 2.05) is 48.5 Å². The fraction of sp³-hybridized carbons (Fsp3) is 0.258. The molecule has 216 valence electrons. The van der Waals surface area contributed by atoms with Crippen LogP contribution in [0.1, 0.15) is 46.8 Å². The molecule has 1 aliphatic carbocycles. The van der Waals surface area contributed by atoms with Crippen LogP contribution in [0.25, 0.3) is 6.08 Å². The van der Waals surface area contributed by atoms with Crippen LogP contribution in [0.15, 0.2) is 77.4 Å². The summed E-state index contributed by atoms with van der Waals surface area (Å²) in [5.41, 5.74) is 3.19. The van der Waals surface area contributed by atoms with E-state index in [2.05, 4.69) is 6.08 Å². The van der Waals surface area contributed by atoms with Crippen molar-refractivity contribution in [3.05, 3.63) is 104 Å². The number of fused-ring (bicyclic) bond motifs is 1. The quantitative estimate of drug-likeness (QED) is 0.173. The number of halogens is 1. The fourth-order valence-electron chi connectivity index (χ4n) is 5.30. The van der Waals surface area contributed by atoms with Crippen molar-refractivity contribution in [1.29, 1.82) is 0 Å². The van der Waals surface area contributed by atoms with Gasteiger partial charge >= 0.3 is 5.97 Å². The Balaban J connectivity index is 1.43. The third kappa shape index (κ3) is 5.99. The van der Waals surface area contributed by atoms with Crippen molar-refractivity contribution < 1.29 is 28.7 Å². The Morgan fingerprint density at radius 3 is 2.36 bits per heavy atom. The molecule has 3 aromatic carbocycles. The first-order valence-electron chi connectivity index (χ1n) is 13.3. The Hall–Kier alpha value is -4.70. The number of hydrogen-bond donors (Lipinski definition) is 0. The van der Waals surface area contributed by atoms with Gasteiger partial charge in [-0.15, -0.1) is 0 Å². The van der Waals surface area contributed by atoms with Gasteiger partial charge in [0.25, 0.3) is 11.6 Å². The summed E-state index contributed by atoms with van der Waals surface area (Å²) in [6.07, 6.45) is 4.62. The Morgan fingerprint density at radius 2 is 1.71 bits per heavy atom. The molecule has 0 unspecified atom stereocenters. The summed E-state index contributed by atoms with van der Waals surface area (Å²) >= 11 is 6.08. The van der Waals surface area contributed by atoms with Gasteiger partial charge in [-0.05, 0) is 72.4 Å². The molecule has 1 saturated carbocycles. The number of nitrogens with zero attached hydrogens (tertiary/aromatic N) is 3. The molecule has 0 aromatic heterocycles. The number of esters is 1. The number of carbonyl (C=O) groups excluding carboxylic acids is 2. The summed E-state index contributed by atoms with van der Waals surface area (Å²) in [6.45, 7) is -0.620. The van der Waals surface area contributed by atoms with Crippen LogP contribution in [0.4, 0.5) is 5.69 Å². The SMILES string of the molecule is COc1ccc(/C=C2/CCC[C@H]3C2=NN(C(=O)COC(=O)c2cc([N+](=O)[O-])ccc2Cl)[C@@H]3c2ccc(OC)cc2)cc1. The smallest absolute Gasteiger partial charge is 0.340 e. The van der Waals surface area contributed by atoms with Gasteiger partial charge in [-0.2, -0.15) is 5.10 Å². The lowest BCUT2D eigenvalue weighted by atomic mass is 9.77. The summed E-state index contributed by atoms with van der Waals surface area (Å²) in [6, 6.07) is 18.2. The van der Waals surface area contributed by atoms with Gasteiger partial charge in [-0.1, -0.05) is 35.9 Å². The van der Waals surface area contributed by atoms with Gasteiger partial charge < -0.3 is 14.2 Å². The van der Waals surface area contributed by atoms with E-state index in [0.717, 1.165) is 53.5 Å². The minimum atomic E-state index is -0.942. The van der Waals surface area contributed by atoms with Crippen LogP contribution in [-0.2, 0) is 9.53 Å². The van der Waals surface area contributed by atoms with Crippen LogP contribution in [-0.4, -0.2) is 48.3 Å². The summed E-state index contributed by atoms with van der Waals surface area (Å²) in [5, 5.41) is 17.3. The molecule has 2 aliphatic rings. The first-order valence-corrected chi connectivity index (χ1v) is 13.7. The molecule has 0 bridgehead atoms. The molecule has 42 heavy (non-hydrogen) atoms. The zero-order valence-corrected chi connectivity index (χ0v) is 23.7. The predicted molar refractivity (Wildman–Crippen MR) is 157 cm³/mol. The number of hydrogen-bond acceptors (Lipinski definition) is 8. The van der Waals surface area contributed by atoms with Crippen molar-refractivity contribution in [3.8, 4) is 11.5 Å². The summed E-state index contributed by atoms with van der Waals surface area (Å²) in [5.74, 6) is -0.0993. The van der Waals surface area contributed by atoms with E-state index in [1.165, 1.54) is 17.1 Å². The topological polar surface area (TPSA) is 121 Å². The van der Waals surface area contributed by atoms with E-state index in [1.54, 1.807) is 14.2 Å². The second-order valence-electron chi connectivity index (χ2n) is 9.88. The molecule has 3 aromatic rings. The Kier molecular flexibility index (Phi) is 8.53. The van der Waals surface area contributed by atoms with Gasteiger partial charge in [0, 0.05) is 18.1 Å². The number of nitro benzene ring substituents is 1. The highest BCUT2D eigenvalue weighted by Crippen LogP contribution is 2.44. The number of methoxy groups -OCH3 is 2. The lowest BCUT2D eigenvalue weighted by Crippen LogP contribution is -2.34. The molecule has 11 heteroatoms. The van der Waals surface area contributed by atoms with E-state index in [-0.39, 0.29) is 22.2 Å². The van der Waals surface area contributed by atoms with Crippen LogP contribution < -0.4 is 9.47 Å². The van der Waals surface area contributed by atoms with Crippen LogP contribution in [0.2, 0.25) is 5.02 Å². The summed E-state index contributed by atoms with van der Waals surface area (Å²) in [7, 11) is 3.20. The number of non-ortho nitro benzene ring substituents is 1. The first kappa shape index (κ1) is 28.8. The van der Waals surface area contributed by atoms with Gasteiger partial charge in [0.2, 0.25) is 0 Å². The molecule has 1 fully saturated rings. The highest BCUT2D eigenvalue weighted by atomic mass is 35.5. The summed E-state index contributed by atoms with van der Waals surface area (Å²) in [4.78, 5) is 36.8. The van der Waals surface area contributed by atoms with Crippen molar-refractivity contribution in [2.45, 2.75) is 25.3 Å². The minimum absolute atomic E-state index is 0.0186. The molecule has 2 atom stereocenters. The van der Waals surface area contributed by atoms with Gasteiger partial charge in [0.15, 0.2) is 6.61 Å². The number of benzene rings is 3. The standard InChI is InChI=1S/C31H28ClN3O7/c1-40-23-11-6-19(7-12-23)16-21-4-3-5-25-29(21)33-34(30(25)20-8-13-24(41-2)14-9-20)28(36)18-42-31(37)26-17-22(35(38)39)10-15-27(26)32/h6-17,25,30H,3-5,18H2,1-2H3/b21-16-/t25-,30+/m0/s1. The number of ether oxygens (including phenoxy) is 3. The molecule has 0 N–H and O–H groups in total. The Morgan fingerprint density at radius 1 is 1.05 bits per heavy atom. The van der Waals surface area contributed by atoms with Gasteiger partial charge in [-0.3, -0.25) is 14.9 Å². The molecule has 5 rings (SSSR count). The van der Waals surface area contributed by atoms with E-state index in [0.29, 0.717) is 5.75 Å². The predicted octanol–water partition coefficient (Wildman–Crippen LogP) is 6.25. The van der Waals surface area contributed by atoms with E-state index < -0.39 is 29.4 Å². The van der Waals surface area contributed by atoms with Crippen molar-refractivity contribution in [2.75, 3.05) is 20.8 Å². The number of hydrazone groups is 1. The molecular weight excluding hydrogens is 562 g/mol. The third-order valence-corrected chi connectivity index (χ3v) is 7.71. The second kappa shape index (κ2) is 12.4. The first-order chi connectivity index (χ1) is 20.3. The number of amides is 1. The third-order valence-electron chi connectivity index (χ3n) is 7.38. The number of carbonyl (C=O) groups is 2. The summed E-state index contributed by atoms with van der Waals surface area (Å²) < 4.78 is 15.9. The van der Waals surface area contributed by atoms with Crippen LogP contribution in [0.3, 0.4) is 0 Å².